The number of amides is 2. The van der Waals surface area contributed by atoms with Gasteiger partial charge in [-0.1, -0.05) is 30.7 Å². The van der Waals surface area contributed by atoms with E-state index in [1.54, 1.807) is 22.8 Å². The van der Waals surface area contributed by atoms with E-state index in [0.29, 0.717) is 41.1 Å². The Balaban J connectivity index is 2.05. The standard InChI is InChI=1S/C21H23ClN4O2/c1-3-5-19-25-18-11-10-16(24-21(28)23-4-2)12-17(18)20(27)26(19)13-14-6-8-15(22)9-7-14/h6-12H,3-5,13H2,1-2H3,(H2,23,24,28). The van der Waals surface area contributed by atoms with Crippen molar-refractivity contribution in [3.05, 3.63) is 69.2 Å². The maximum atomic E-state index is 13.2. The minimum Gasteiger partial charge on any atom is -0.338 e. The monoisotopic (exact) mass is 398 g/mol. The van der Waals surface area contributed by atoms with Gasteiger partial charge in [-0.15, -0.1) is 0 Å². The van der Waals surface area contributed by atoms with Crippen LogP contribution in [0, 0.1) is 0 Å². The Morgan fingerprint density at radius 2 is 1.89 bits per heavy atom. The van der Waals surface area contributed by atoms with Crippen molar-refractivity contribution in [2.24, 2.45) is 0 Å². The third-order valence-corrected chi connectivity index (χ3v) is 4.61. The van der Waals surface area contributed by atoms with Gasteiger partial charge in [0.15, 0.2) is 0 Å². The first kappa shape index (κ1) is 19.9. The lowest BCUT2D eigenvalue weighted by Gasteiger charge is -2.14. The number of rotatable bonds is 6. The lowest BCUT2D eigenvalue weighted by molar-refractivity contribution is 0.252. The van der Waals surface area contributed by atoms with Crippen LogP contribution in [0.25, 0.3) is 10.9 Å². The Kier molecular flexibility index (Phi) is 6.31. The molecule has 1 aromatic heterocycles. The van der Waals surface area contributed by atoms with Crippen LogP contribution in [0.5, 0.6) is 0 Å². The molecule has 3 aromatic rings. The maximum Gasteiger partial charge on any atom is 0.319 e. The Morgan fingerprint density at radius 1 is 1.14 bits per heavy atom. The van der Waals surface area contributed by atoms with Crippen molar-refractivity contribution in [3.63, 3.8) is 0 Å². The summed E-state index contributed by atoms with van der Waals surface area (Å²) >= 11 is 5.97. The van der Waals surface area contributed by atoms with Crippen molar-refractivity contribution in [2.45, 2.75) is 33.2 Å². The molecule has 2 N–H and O–H groups in total. The van der Waals surface area contributed by atoms with Gasteiger partial charge in [-0.05, 0) is 49.2 Å². The molecule has 0 aliphatic heterocycles. The molecule has 0 spiro atoms. The van der Waals surface area contributed by atoms with Gasteiger partial charge in [0.2, 0.25) is 0 Å². The van der Waals surface area contributed by atoms with E-state index in [2.05, 4.69) is 17.6 Å². The van der Waals surface area contributed by atoms with E-state index in [1.807, 2.05) is 31.2 Å². The predicted octanol–water partition coefficient (Wildman–Crippen LogP) is 4.19. The quantitative estimate of drug-likeness (QED) is 0.653. The molecule has 0 fully saturated rings. The summed E-state index contributed by atoms with van der Waals surface area (Å²) in [5.41, 5.74) is 2.03. The molecule has 1 heterocycles. The van der Waals surface area contributed by atoms with Gasteiger partial charge in [-0.25, -0.2) is 9.78 Å². The van der Waals surface area contributed by atoms with Gasteiger partial charge in [0, 0.05) is 23.7 Å². The fourth-order valence-corrected chi connectivity index (χ4v) is 3.16. The number of benzene rings is 2. The number of nitrogens with zero attached hydrogens (tertiary/aromatic N) is 2. The van der Waals surface area contributed by atoms with Crippen LogP contribution in [-0.4, -0.2) is 22.1 Å². The summed E-state index contributed by atoms with van der Waals surface area (Å²) < 4.78 is 1.70. The Bertz CT molecular complexity index is 1040. The number of fused-ring (bicyclic) bond motifs is 1. The summed E-state index contributed by atoms with van der Waals surface area (Å²) in [5.74, 6) is 0.749. The molecular formula is C21H23ClN4O2. The van der Waals surface area contributed by atoms with Crippen LogP contribution in [0.3, 0.4) is 0 Å². The number of hydrogen-bond donors (Lipinski definition) is 2. The van der Waals surface area contributed by atoms with Gasteiger partial charge < -0.3 is 10.6 Å². The molecule has 3 rings (SSSR count). The van der Waals surface area contributed by atoms with E-state index in [0.717, 1.165) is 17.8 Å². The molecule has 0 unspecified atom stereocenters. The first-order valence-electron chi connectivity index (χ1n) is 9.34. The molecule has 28 heavy (non-hydrogen) atoms. The van der Waals surface area contributed by atoms with E-state index < -0.39 is 0 Å². The number of aryl methyl sites for hydroxylation is 1. The van der Waals surface area contributed by atoms with Crippen LogP contribution >= 0.6 is 11.6 Å². The minimum atomic E-state index is -0.307. The average Bonchev–Trinajstić information content (AvgIpc) is 2.67. The topological polar surface area (TPSA) is 76.0 Å². The van der Waals surface area contributed by atoms with Crippen LogP contribution < -0.4 is 16.2 Å². The minimum absolute atomic E-state index is 0.122. The maximum absolute atomic E-state index is 13.2. The van der Waals surface area contributed by atoms with E-state index in [4.69, 9.17) is 16.6 Å². The van der Waals surface area contributed by atoms with Crippen LogP contribution in [0.2, 0.25) is 5.02 Å². The van der Waals surface area contributed by atoms with E-state index in [-0.39, 0.29) is 11.6 Å². The summed E-state index contributed by atoms with van der Waals surface area (Å²) in [6, 6.07) is 12.3. The van der Waals surface area contributed by atoms with E-state index >= 15 is 0 Å². The third kappa shape index (κ3) is 4.51. The van der Waals surface area contributed by atoms with Gasteiger partial charge in [0.1, 0.15) is 5.82 Å². The van der Waals surface area contributed by atoms with Crippen molar-refractivity contribution in [1.82, 2.24) is 14.9 Å². The molecule has 0 saturated carbocycles. The molecule has 0 saturated heterocycles. The summed E-state index contributed by atoms with van der Waals surface area (Å²) in [4.78, 5) is 29.7. The molecule has 7 heteroatoms. The molecule has 0 bridgehead atoms. The Labute approximate surface area is 168 Å². The van der Waals surface area contributed by atoms with E-state index in [9.17, 15) is 9.59 Å². The lowest BCUT2D eigenvalue weighted by Crippen LogP contribution is -2.28. The molecule has 0 radical (unpaired) electrons. The molecular weight excluding hydrogens is 376 g/mol. The average molecular weight is 399 g/mol. The number of carbonyl (C=O) groups excluding carboxylic acids is 1. The van der Waals surface area contributed by atoms with Gasteiger partial charge in [0.05, 0.1) is 17.4 Å². The highest BCUT2D eigenvalue weighted by Crippen LogP contribution is 2.17. The number of nitrogens with one attached hydrogen (secondary N) is 2. The number of anilines is 1. The van der Waals surface area contributed by atoms with Crippen LogP contribution in [0.1, 0.15) is 31.7 Å². The highest BCUT2D eigenvalue weighted by atomic mass is 35.5. The second-order valence-electron chi connectivity index (χ2n) is 6.51. The number of urea groups is 1. The van der Waals surface area contributed by atoms with Crippen molar-refractivity contribution < 1.29 is 4.79 Å². The SMILES string of the molecule is CCCc1nc2ccc(NC(=O)NCC)cc2c(=O)n1Cc1ccc(Cl)cc1. The fourth-order valence-electron chi connectivity index (χ4n) is 3.03. The van der Waals surface area contributed by atoms with Crippen molar-refractivity contribution >= 4 is 34.2 Å². The van der Waals surface area contributed by atoms with Gasteiger partial charge in [-0.2, -0.15) is 0 Å². The smallest absolute Gasteiger partial charge is 0.319 e. The summed E-state index contributed by atoms with van der Waals surface area (Å²) in [6.45, 7) is 4.84. The number of halogens is 1. The first-order valence-corrected chi connectivity index (χ1v) is 9.72. The van der Waals surface area contributed by atoms with Crippen LogP contribution in [0.4, 0.5) is 10.5 Å². The van der Waals surface area contributed by atoms with Crippen molar-refractivity contribution in [3.8, 4) is 0 Å². The zero-order chi connectivity index (χ0) is 20.1. The zero-order valence-corrected chi connectivity index (χ0v) is 16.7. The summed E-state index contributed by atoms with van der Waals surface area (Å²) in [7, 11) is 0. The highest BCUT2D eigenvalue weighted by Gasteiger charge is 2.12. The normalized spacial score (nSPS) is 10.8. The number of carbonyl (C=O) groups is 1. The van der Waals surface area contributed by atoms with Crippen LogP contribution in [-0.2, 0) is 13.0 Å². The molecule has 0 aliphatic carbocycles. The van der Waals surface area contributed by atoms with Gasteiger partial charge in [0.25, 0.3) is 5.56 Å². The first-order chi connectivity index (χ1) is 13.5. The molecule has 2 amide bonds. The molecule has 2 aromatic carbocycles. The van der Waals surface area contributed by atoms with E-state index in [1.165, 1.54) is 0 Å². The Morgan fingerprint density at radius 3 is 2.57 bits per heavy atom. The second kappa shape index (κ2) is 8.89. The number of aromatic nitrogens is 2. The van der Waals surface area contributed by atoms with Crippen LogP contribution in [0.15, 0.2) is 47.3 Å². The molecule has 0 atom stereocenters. The van der Waals surface area contributed by atoms with Gasteiger partial charge >= 0.3 is 6.03 Å². The summed E-state index contributed by atoms with van der Waals surface area (Å²) in [6.07, 6.45) is 1.59. The zero-order valence-electron chi connectivity index (χ0n) is 16.0. The number of hydrogen-bond acceptors (Lipinski definition) is 3. The largest absolute Gasteiger partial charge is 0.338 e. The second-order valence-corrected chi connectivity index (χ2v) is 6.95. The third-order valence-electron chi connectivity index (χ3n) is 4.36. The predicted molar refractivity (Wildman–Crippen MR) is 113 cm³/mol. The van der Waals surface area contributed by atoms with Crippen molar-refractivity contribution in [1.29, 1.82) is 0 Å². The molecule has 0 aliphatic rings. The summed E-state index contributed by atoms with van der Waals surface area (Å²) in [5, 5.41) is 6.54. The molecule has 146 valence electrons. The van der Waals surface area contributed by atoms with Gasteiger partial charge in [-0.3, -0.25) is 9.36 Å². The Hall–Kier alpha value is -2.86. The fraction of sp³-hybridized carbons (Fsp3) is 0.286. The lowest BCUT2D eigenvalue weighted by atomic mass is 10.1. The molecule has 6 nitrogen and oxygen atoms in total. The highest BCUT2D eigenvalue weighted by molar-refractivity contribution is 6.30. The van der Waals surface area contributed by atoms with Crippen molar-refractivity contribution in [2.75, 3.05) is 11.9 Å².